The minimum atomic E-state index is -0.928. The minimum absolute atomic E-state index is 0.294. The van der Waals surface area contributed by atoms with Crippen LogP contribution in [-0.4, -0.2) is 59.6 Å². The Hall–Kier alpha value is -3.20. The van der Waals surface area contributed by atoms with Gasteiger partial charge in [-0.1, -0.05) is 30.7 Å². The molecule has 40 heavy (non-hydrogen) atoms. The summed E-state index contributed by atoms with van der Waals surface area (Å²) >= 11 is 1.58. The van der Waals surface area contributed by atoms with Gasteiger partial charge in [0.15, 0.2) is 0 Å². The number of ether oxygens (including phenoxy) is 2. The van der Waals surface area contributed by atoms with E-state index in [4.69, 9.17) is 9.47 Å². The highest BCUT2D eigenvalue weighted by atomic mass is 32.2. The predicted molar refractivity (Wildman–Crippen MR) is 163 cm³/mol. The van der Waals surface area contributed by atoms with Crippen LogP contribution in [0.5, 0.6) is 5.75 Å². The van der Waals surface area contributed by atoms with Crippen molar-refractivity contribution in [3.8, 4) is 5.75 Å². The lowest BCUT2D eigenvalue weighted by Crippen LogP contribution is -2.55. The Labute approximate surface area is 243 Å². The van der Waals surface area contributed by atoms with Crippen LogP contribution in [-0.2, 0) is 14.3 Å². The van der Waals surface area contributed by atoms with E-state index in [1.807, 2.05) is 52.1 Å². The van der Waals surface area contributed by atoms with Gasteiger partial charge < -0.3 is 25.0 Å². The van der Waals surface area contributed by atoms with E-state index < -0.39 is 23.8 Å². The largest absolute Gasteiger partial charge is 0.497 e. The molecule has 3 atom stereocenters. The van der Waals surface area contributed by atoms with Gasteiger partial charge in [-0.05, 0) is 102 Å². The fourth-order valence-electron chi connectivity index (χ4n) is 4.35. The van der Waals surface area contributed by atoms with Crippen LogP contribution >= 0.6 is 11.8 Å². The number of nitrogens with one attached hydrogen (secondary N) is 2. The molecule has 2 rings (SSSR count). The van der Waals surface area contributed by atoms with Gasteiger partial charge in [0.05, 0.1) is 7.11 Å². The van der Waals surface area contributed by atoms with E-state index in [0.717, 1.165) is 16.7 Å². The number of methoxy groups -OCH3 is 1. The summed E-state index contributed by atoms with van der Waals surface area (Å²) in [5.41, 5.74) is 2.56. The van der Waals surface area contributed by atoms with E-state index in [0.29, 0.717) is 30.0 Å². The predicted octanol–water partition coefficient (Wildman–Crippen LogP) is 6.27. The van der Waals surface area contributed by atoms with Gasteiger partial charge in [0, 0.05) is 11.7 Å². The van der Waals surface area contributed by atoms with Crippen molar-refractivity contribution in [1.29, 1.82) is 0 Å². The molecule has 0 fully saturated rings. The van der Waals surface area contributed by atoms with Gasteiger partial charge in [-0.3, -0.25) is 9.59 Å². The van der Waals surface area contributed by atoms with Crippen LogP contribution < -0.4 is 15.4 Å². The van der Waals surface area contributed by atoms with Crippen molar-refractivity contribution in [2.45, 2.75) is 85.0 Å². The molecule has 2 N–H and O–H groups in total. The van der Waals surface area contributed by atoms with Crippen LogP contribution in [0, 0.1) is 13.8 Å². The molecule has 0 radical (unpaired) electrons. The second-order valence-corrected chi connectivity index (χ2v) is 11.9. The molecule has 3 amide bonds. The Morgan fingerprint density at radius 3 is 2.23 bits per heavy atom. The highest BCUT2D eigenvalue weighted by Crippen LogP contribution is 2.31. The number of rotatable bonds is 12. The average molecular weight is 572 g/mol. The number of benzene rings is 2. The Morgan fingerprint density at radius 2 is 1.70 bits per heavy atom. The first-order chi connectivity index (χ1) is 18.8. The van der Waals surface area contributed by atoms with E-state index in [1.165, 1.54) is 0 Å². The molecule has 0 aromatic heterocycles. The summed E-state index contributed by atoms with van der Waals surface area (Å²) in [7, 11) is 1.58. The van der Waals surface area contributed by atoms with Crippen LogP contribution in [0.4, 0.5) is 10.5 Å². The summed E-state index contributed by atoms with van der Waals surface area (Å²) in [6, 6.07) is 10.8. The molecular formula is C31H45N3O5S. The highest BCUT2D eigenvalue weighted by molar-refractivity contribution is 7.98. The zero-order chi connectivity index (χ0) is 30.0. The number of aryl methyl sites for hydroxylation is 2. The van der Waals surface area contributed by atoms with Gasteiger partial charge >= 0.3 is 6.09 Å². The van der Waals surface area contributed by atoms with Crippen molar-refractivity contribution in [2.75, 3.05) is 24.4 Å². The molecule has 0 aliphatic rings. The molecule has 2 aromatic carbocycles. The van der Waals surface area contributed by atoms with Crippen LogP contribution in [0.2, 0.25) is 0 Å². The van der Waals surface area contributed by atoms with E-state index in [9.17, 15) is 14.4 Å². The third-order valence-corrected chi connectivity index (χ3v) is 7.17. The summed E-state index contributed by atoms with van der Waals surface area (Å²) in [6.07, 6.45) is 2.29. The maximum atomic E-state index is 14.3. The van der Waals surface area contributed by atoms with E-state index in [-0.39, 0.29) is 17.9 Å². The highest BCUT2D eigenvalue weighted by Gasteiger charge is 2.39. The molecule has 0 saturated heterocycles. The summed E-state index contributed by atoms with van der Waals surface area (Å²) in [4.78, 5) is 42.8. The summed E-state index contributed by atoms with van der Waals surface area (Å²) in [6.45, 7) is 13.2. The van der Waals surface area contributed by atoms with Gasteiger partial charge in [0.2, 0.25) is 5.91 Å². The number of carbonyl (C=O) groups is 3. The lowest BCUT2D eigenvalue weighted by molar-refractivity contribution is -0.143. The molecule has 8 nitrogen and oxygen atoms in total. The van der Waals surface area contributed by atoms with Crippen LogP contribution in [0.25, 0.3) is 0 Å². The van der Waals surface area contributed by atoms with Gasteiger partial charge in [0.1, 0.15) is 23.4 Å². The SMILES string of the molecule is CCC(C)N(C(=O)C(CCSC)NC(=O)OC(C)(C)C)C(C(=O)Nc1ccc(OC)cc1)c1ccc(C)cc1C. The maximum absolute atomic E-state index is 14.3. The topological polar surface area (TPSA) is 97.0 Å². The minimum Gasteiger partial charge on any atom is -0.497 e. The second-order valence-electron chi connectivity index (χ2n) is 11.0. The third-order valence-electron chi connectivity index (χ3n) is 6.52. The quantitative estimate of drug-likeness (QED) is 0.312. The van der Waals surface area contributed by atoms with Crippen molar-refractivity contribution in [3.05, 3.63) is 59.2 Å². The molecule has 0 aliphatic carbocycles. The fourth-order valence-corrected chi connectivity index (χ4v) is 4.82. The molecule has 0 spiro atoms. The average Bonchev–Trinajstić information content (AvgIpc) is 2.88. The Bertz CT molecular complexity index is 1150. The van der Waals surface area contributed by atoms with Gasteiger partial charge in [-0.15, -0.1) is 0 Å². The third kappa shape index (κ3) is 9.47. The maximum Gasteiger partial charge on any atom is 0.408 e. The van der Waals surface area contributed by atoms with Gasteiger partial charge in [-0.2, -0.15) is 11.8 Å². The monoisotopic (exact) mass is 571 g/mol. The Balaban J connectivity index is 2.58. The lowest BCUT2D eigenvalue weighted by atomic mass is 9.94. The molecule has 2 aromatic rings. The second kappa shape index (κ2) is 15.0. The zero-order valence-electron chi connectivity index (χ0n) is 25.3. The molecule has 3 unspecified atom stereocenters. The molecule has 220 valence electrons. The normalized spacial score (nSPS) is 13.5. The van der Waals surface area contributed by atoms with Crippen LogP contribution in [0.1, 0.15) is 70.2 Å². The smallest absolute Gasteiger partial charge is 0.408 e. The molecule has 0 heterocycles. The number of hydrogen-bond donors (Lipinski definition) is 2. The van der Waals surface area contributed by atoms with Gasteiger partial charge in [-0.25, -0.2) is 4.79 Å². The van der Waals surface area contributed by atoms with Crippen molar-refractivity contribution in [2.24, 2.45) is 0 Å². The number of carbonyl (C=O) groups excluding carboxylic acids is 3. The number of thioether (sulfide) groups is 1. The lowest BCUT2D eigenvalue weighted by Gasteiger charge is -2.38. The first-order valence-corrected chi connectivity index (χ1v) is 15.0. The van der Waals surface area contributed by atoms with E-state index in [2.05, 4.69) is 10.6 Å². The number of nitrogens with zero attached hydrogens (tertiary/aromatic N) is 1. The summed E-state index contributed by atoms with van der Waals surface area (Å²) in [5.74, 6) is 0.647. The fraction of sp³-hybridized carbons (Fsp3) is 0.516. The number of hydrogen-bond acceptors (Lipinski definition) is 6. The summed E-state index contributed by atoms with van der Waals surface area (Å²) < 4.78 is 10.7. The molecule has 0 bridgehead atoms. The molecule has 0 aliphatic heterocycles. The first-order valence-electron chi connectivity index (χ1n) is 13.6. The van der Waals surface area contributed by atoms with Crippen molar-refractivity contribution >= 4 is 35.4 Å². The van der Waals surface area contributed by atoms with Crippen molar-refractivity contribution in [3.63, 3.8) is 0 Å². The number of amides is 3. The van der Waals surface area contributed by atoms with E-state index >= 15 is 0 Å². The molecule has 9 heteroatoms. The number of alkyl carbamates (subject to hydrolysis) is 1. The molecular weight excluding hydrogens is 526 g/mol. The Morgan fingerprint density at radius 1 is 1.05 bits per heavy atom. The standard InChI is InChI=1S/C31H45N3O5S/c1-10-22(4)34(29(36)26(17-18-40-9)33-30(37)39-31(5,6)7)27(25-16-11-20(2)19-21(25)3)28(35)32-23-12-14-24(38-8)15-13-23/h11-16,19,22,26-27H,10,17-18H2,1-9H3,(H,32,35)(H,33,37). The Kier molecular flexibility index (Phi) is 12.4. The van der Waals surface area contributed by atoms with Crippen LogP contribution in [0.15, 0.2) is 42.5 Å². The van der Waals surface area contributed by atoms with Gasteiger partial charge in [0.25, 0.3) is 5.91 Å². The zero-order valence-corrected chi connectivity index (χ0v) is 26.1. The van der Waals surface area contributed by atoms with E-state index in [1.54, 1.807) is 68.8 Å². The van der Waals surface area contributed by atoms with Crippen LogP contribution in [0.3, 0.4) is 0 Å². The summed E-state index contributed by atoms with van der Waals surface area (Å²) in [5, 5.41) is 5.79. The number of anilines is 1. The first kappa shape index (κ1) is 33.0. The van der Waals surface area contributed by atoms with Crippen molar-refractivity contribution < 1.29 is 23.9 Å². The molecule has 0 saturated carbocycles. The van der Waals surface area contributed by atoms with Crippen molar-refractivity contribution in [1.82, 2.24) is 10.2 Å².